The number of aryl methyl sites for hydroxylation is 1. The number of carbonyl (C=O) groups excluding carboxylic acids is 3. The van der Waals surface area contributed by atoms with Crippen molar-refractivity contribution in [3.63, 3.8) is 0 Å². The van der Waals surface area contributed by atoms with Crippen molar-refractivity contribution in [2.24, 2.45) is 0 Å². The van der Waals surface area contributed by atoms with E-state index in [1.54, 1.807) is 24.0 Å². The number of pyridine rings is 1. The number of aromatic amines is 1. The molecule has 1 radical (unpaired) electrons. The molecule has 189 valence electrons. The molecule has 0 unspecified atom stereocenters. The van der Waals surface area contributed by atoms with Crippen LogP contribution in [0.3, 0.4) is 0 Å². The first-order valence-corrected chi connectivity index (χ1v) is 11.6. The van der Waals surface area contributed by atoms with Crippen LogP contribution in [0.4, 0.5) is 0 Å². The Labute approximate surface area is 240 Å². The third-order valence-electron chi connectivity index (χ3n) is 5.64. The maximum absolute atomic E-state index is 13.0. The van der Waals surface area contributed by atoms with Crippen LogP contribution >= 0.6 is 0 Å². The van der Waals surface area contributed by atoms with Gasteiger partial charge < -0.3 is 21.2 Å². The van der Waals surface area contributed by atoms with E-state index in [0.717, 1.165) is 0 Å². The third kappa shape index (κ3) is 6.19. The Morgan fingerprint density at radius 2 is 1.65 bits per heavy atom. The van der Waals surface area contributed by atoms with Crippen molar-refractivity contribution in [2.75, 3.05) is 26.2 Å². The molecular weight excluding hydrogens is 547 g/mol. The van der Waals surface area contributed by atoms with Gasteiger partial charge in [-0.1, -0.05) is 30.0 Å². The molecule has 1 aliphatic heterocycles. The Kier molecular flexibility index (Phi) is 9.82. The van der Waals surface area contributed by atoms with Crippen molar-refractivity contribution in [1.29, 1.82) is 0 Å². The summed E-state index contributed by atoms with van der Waals surface area (Å²) in [4.78, 5) is 53.2. The smallest absolute Gasteiger partial charge is 0.282 e. The van der Waals surface area contributed by atoms with Crippen LogP contribution in [0.1, 0.15) is 40.4 Å². The zero-order valence-electron chi connectivity index (χ0n) is 21.0. The van der Waals surface area contributed by atoms with Crippen LogP contribution in [-0.4, -0.2) is 78.3 Å². The summed E-state index contributed by atoms with van der Waals surface area (Å²) in [5.74, 6) is -0.272. The van der Waals surface area contributed by atoms with Gasteiger partial charge in [0, 0.05) is 64.5 Å². The van der Waals surface area contributed by atoms with Crippen LogP contribution in [-0.2, 0) is 37.5 Å². The van der Waals surface area contributed by atoms with Crippen LogP contribution in [0.25, 0.3) is 16.7 Å². The molecule has 1 N–H and O–H groups in total. The fourth-order valence-corrected chi connectivity index (χ4v) is 3.91. The molecule has 4 heterocycles. The van der Waals surface area contributed by atoms with E-state index in [1.807, 2.05) is 38.5 Å². The van der Waals surface area contributed by atoms with Crippen LogP contribution in [0.15, 0.2) is 49.1 Å². The summed E-state index contributed by atoms with van der Waals surface area (Å²) in [6, 6.07) is 12.0. The number of ketones is 1. The minimum Gasteiger partial charge on any atom is -0.420 e. The van der Waals surface area contributed by atoms with Crippen molar-refractivity contribution in [2.45, 2.75) is 20.8 Å². The molecule has 1 saturated heterocycles. The number of piperazine rings is 1. The van der Waals surface area contributed by atoms with Gasteiger partial charge in [-0.25, -0.2) is 9.67 Å². The summed E-state index contributed by atoms with van der Waals surface area (Å²) in [6.07, 6.45) is 6.46. The van der Waals surface area contributed by atoms with Gasteiger partial charge in [0.1, 0.15) is 18.0 Å². The second-order valence-electron chi connectivity index (χ2n) is 8.27. The molecule has 1 aromatic carbocycles. The molecule has 1 fully saturated rings. The van der Waals surface area contributed by atoms with Crippen molar-refractivity contribution in [1.82, 2.24) is 34.5 Å². The Morgan fingerprint density at radius 1 is 1.00 bits per heavy atom. The first-order valence-electron chi connectivity index (χ1n) is 11.6. The summed E-state index contributed by atoms with van der Waals surface area (Å²) in [5.41, 5.74) is 1.37. The number of aromatic nitrogens is 5. The first-order chi connectivity index (χ1) is 17.4. The van der Waals surface area contributed by atoms with Crippen LogP contribution in [0, 0.1) is 19.4 Å². The predicted octanol–water partition coefficient (Wildman–Crippen LogP) is 2.65. The molecule has 10 nitrogen and oxygen atoms in total. The average Bonchev–Trinajstić information content (AvgIpc) is 3.55. The van der Waals surface area contributed by atoms with Gasteiger partial charge >= 0.3 is 0 Å². The number of Topliss-reactive ketones (excluding diaryl/α,β-unsaturated/α-hetero) is 1. The van der Waals surface area contributed by atoms with Crippen molar-refractivity contribution in [3.05, 3.63) is 78.5 Å². The SMILES string of the molecule is C[CH-]C.Cc1ncn(-c2nc[c-]c3c(C(=O)C(=O)N4CCN(C(=O)c5ccccc5)CC4)c[nH]c23)n1.[Y]. The van der Waals surface area contributed by atoms with E-state index < -0.39 is 11.7 Å². The van der Waals surface area contributed by atoms with E-state index in [0.29, 0.717) is 54.3 Å². The van der Waals surface area contributed by atoms with Crippen molar-refractivity contribution >= 4 is 28.5 Å². The second-order valence-corrected chi connectivity index (χ2v) is 8.27. The van der Waals surface area contributed by atoms with Gasteiger partial charge in [-0.2, -0.15) is 30.4 Å². The van der Waals surface area contributed by atoms with E-state index in [4.69, 9.17) is 0 Å². The number of amides is 2. The average molecular weight is 574 g/mol. The largest absolute Gasteiger partial charge is 0.420 e. The quantitative estimate of drug-likeness (QED) is 0.228. The minimum atomic E-state index is -0.632. The van der Waals surface area contributed by atoms with Gasteiger partial charge in [0.2, 0.25) is 0 Å². The molecular formula is C26H27N7O3Y-2. The van der Waals surface area contributed by atoms with Crippen molar-refractivity contribution in [3.8, 4) is 5.82 Å². The number of nitrogens with one attached hydrogen (secondary N) is 1. The molecule has 5 rings (SSSR count). The second kappa shape index (κ2) is 12.8. The number of rotatable bonds is 4. The fraction of sp³-hybridized carbons (Fsp3) is 0.269. The van der Waals surface area contributed by atoms with Gasteiger partial charge in [0.25, 0.3) is 11.8 Å². The van der Waals surface area contributed by atoms with E-state index >= 15 is 0 Å². The number of hydrogen-bond acceptors (Lipinski definition) is 6. The topological polar surface area (TPSA) is 117 Å². The number of nitrogens with zero attached hydrogens (tertiary/aromatic N) is 6. The molecule has 37 heavy (non-hydrogen) atoms. The van der Waals surface area contributed by atoms with Gasteiger partial charge in [-0.15, -0.1) is 0 Å². The van der Waals surface area contributed by atoms with E-state index in [-0.39, 0.29) is 44.2 Å². The van der Waals surface area contributed by atoms with Gasteiger partial charge in [0.05, 0.1) is 0 Å². The van der Waals surface area contributed by atoms with Crippen LogP contribution in [0.5, 0.6) is 0 Å². The van der Waals surface area contributed by atoms with E-state index in [2.05, 4.69) is 26.1 Å². The van der Waals surface area contributed by atoms with Crippen molar-refractivity contribution < 1.29 is 47.1 Å². The summed E-state index contributed by atoms with van der Waals surface area (Å²) < 4.78 is 1.50. The number of benzene rings is 1. The third-order valence-corrected chi connectivity index (χ3v) is 5.64. The molecule has 4 aromatic rings. The Bertz CT molecular complexity index is 1380. The van der Waals surface area contributed by atoms with E-state index in [9.17, 15) is 14.4 Å². The minimum absolute atomic E-state index is 0. The Morgan fingerprint density at radius 3 is 2.27 bits per heavy atom. The summed E-state index contributed by atoms with van der Waals surface area (Å²) in [5, 5.41) is 4.72. The molecule has 1 aliphatic rings. The number of carbonyl (C=O) groups is 3. The fourth-order valence-electron chi connectivity index (χ4n) is 3.91. The number of H-pyrrole nitrogens is 1. The Balaban J connectivity index is 0.000000908. The molecule has 3 aromatic heterocycles. The zero-order valence-corrected chi connectivity index (χ0v) is 23.8. The first kappa shape index (κ1) is 28.3. The maximum atomic E-state index is 13.0. The van der Waals surface area contributed by atoms with Gasteiger partial charge in [-0.05, 0) is 30.8 Å². The van der Waals surface area contributed by atoms with Crippen LogP contribution < -0.4 is 0 Å². The maximum Gasteiger partial charge on any atom is 0.282 e. The molecule has 0 saturated carbocycles. The molecule has 2 amide bonds. The number of fused-ring (bicyclic) bond motifs is 1. The number of hydrogen-bond donors (Lipinski definition) is 1. The monoisotopic (exact) mass is 574 g/mol. The normalized spacial score (nSPS) is 12.9. The summed E-state index contributed by atoms with van der Waals surface area (Å²) >= 11 is 0. The molecule has 0 bridgehead atoms. The van der Waals surface area contributed by atoms with E-state index in [1.165, 1.54) is 28.3 Å². The Hall–Kier alpha value is -3.24. The molecule has 0 aliphatic carbocycles. The molecule has 11 heteroatoms. The zero-order chi connectivity index (χ0) is 25.7. The summed E-state index contributed by atoms with van der Waals surface area (Å²) in [6.45, 7) is 7.08. The predicted molar refractivity (Wildman–Crippen MR) is 133 cm³/mol. The summed E-state index contributed by atoms with van der Waals surface area (Å²) in [7, 11) is 0. The standard InChI is InChI=1S/C23H20N7O3.C3H7.Y/c1-15-26-14-30(27-15)21-19-17(7-8-24-21)18(13-25-19)20(31)23(33)29-11-9-28(10-12-29)22(32)16-5-3-2-4-6-16;1-3-2;/h2-6,8,13-14,25H,9-12H2,1H3;3H,1-2H3;/q2*-1;. The molecule has 0 atom stereocenters. The van der Waals surface area contributed by atoms with Gasteiger partial charge in [0.15, 0.2) is 5.78 Å². The van der Waals surface area contributed by atoms with Gasteiger partial charge in [-0.3, -0.25) is 19.4 Å². The molecule has 0 spiro atoms. The van der Waals surface area contributed by atoms with Crippen LogP contribution in [0.2, 0.25) is 0 Å².